The molecule has 0 unspecified atom stereocenters. The fourth-order valence-corrected chi connectivity index (χ4v) is 1.85. The summed E-state index contributed by atoms with van der Waals surface area (Å²) in [6.07, 6.45) is 3.27. The number of benzene rings is 1. The molecule has 3 nitrogen and oxygen atoms in total. The first-order valence-electron chi connectivity index (χ1n) is 5.55. The van der Waals surface area contributed by atoms with E-state index in [1.54, 1.807) is 18.5 Å². The minimum atomic E-state index is -0.320. The molecule has 18 heavy (non-hydrogen) atoms. The Morgan fingerprint density at radius 3 is 2.61 bits per heavy atom. The van der Waals surface area contributed by atoms with Gasteiger partial charge in [-0.05, 0) is 24.3 Å². The van der Waals surface area contributed by atoms with E-state index >= 15 is 0 Å². The van der Waals surface area contributed by atoms with Gasteiger partial charge < -0.3 is 0 Å². The Morgan fingerprint density at radius 1 is 0.944 bits per heavy atom. The zero-order chi connectivity index (χ0) is 12.4. The molecule has 0 radical (unpaired) electrons. The predicted octanol–water partition coefficient (Wildman–Crippen LogP) is 3.28. The van der Waals surface area contributed by atoms with Crippen LogP contribution in [0.25, 0.3) is 22.5 Å². The maximum Gasteiger partial charge on any atom is 0.149 e. The first kappa shape index (κ1) is 10.7. The van der Waals surface area contributed by atoms with E-state index in [-0.39, 0.29) is 5.82 Å². The van der Waals surface area contributed by atoms with Crippen LogP contribution >= 0.6 is 0 Å². The zero-order valence-electron chi connectivity index (χ0n) is 9.47. The molecule has 0 aliphatic carbocycles. The van der Waals surface area contributed by atoms with E-state index in [2.05, 4.69) is 15.2 Å². The topological polar surface area (TPSA) is 41.6 Å². The van der Waals surface area contributed by atoms with Crippen molar-refractivity contribution in [1.82, 2.24) is 15.2 Å². The van der Waals surface area contributed by atoms with Crippen molar-refractivity contribution in [3.63, 3.8) is 0 Å². The number of hydrogen-bond donors (Lipinski definition) is 1. The van der Waals surface area contributed by atoms with Gasteiger partial charge in [-0.1, -0.05) is 18.2 Å². The van der Waals surface area contributed by atoms with Gasteiger partial charge in [0, 0.05) is 23.5 Å². The first-order chi connectivity index (χ1) is 8.84. The predicted molar refractivity (Wildman–Crippen MR) is 67.2 cm³/mol. The third-order valence-electron chi connectivity index (χ3n) is 2.71. The number of nitrogens with one attached hydrogen (secondary N) is 1. The lowest BCUT2D eigenvalue weighted by atomic mass is 10.1. The molecule has 0 bridgehead atoms. The number of aromatic amines is 1. The van der Waals surface area contributed by atoms with Crippen molar-refractivity contribution < 1.29 is 4.39 Å². The number of halogens is 1. The van der Waals surface area contributed by atoms with Crippen molar-refractivity contribution in [2.75, 3.05) is 0 Å². The fraction of sp³-hybridized carbons (Fsp3) is 0. The van der Waals surface area contributed by atoms with E-state index in [9.17, 15) is 4.39 Å². The van der Waals surface area contributed by atoms with Gasteiger partial charge in [-0.2, -0.15) is 5.10 Å². The normalized spacial score (nSPS) is 10.5. The van der Waals surface area contributed by atoms with Gasteiger partial charge in [0.25, 0.3) is 0 Å². The lowest BCUT2D eigenvalue weighted by Gasteiger charge is -2.04. The summed E-state index contributed by atoms with van der Waals surface area (Å²) in [6.45, 7) is 0. The summed E-state index contributed by atoms with van der Waals surface area (Å²) in [4.78, 5) is 4.07. The molecule has 2 aromatic heterocycles. The van der Waals surface area contributed by atoms with Crippen LogP contribution in [-0.2, 0) is 0 Å². The van der Waals surface area contributed by atoms with Crippen LogP contribution in [0.15, 0.2) is 54.9 Å². The molecule has 0 atom stereocenters. The van der Waals surface area contributed by atoms with Crippen LogP contribution in [0.3, 0.4) is 0 Å². The summed E-state index contributed by atoms with van der Waals surface area (Å²) in [5, 5.41) is 6.79. The van der Waals surface area contributed by atoms with Gasteiger partial charge in [-0.3, -0.25) is 10.1 Å². The molecule has 2 heterocycles. The Morgan fingerprint density at radius 2 is 1.83 bits per heavy atom. The molecule has 0 aliphatic heterocycles. The highest BCUT2D eigenvalue weighted by Crippen LogP contribution is 2.25. The first-order valence-corrected chi connectivity index (χ1v) is 5.55. The average Bonchev–Trinajstić information content (AvgIpc) is 2.93. The van der Waals surface area contributed by atoms with E-state index in [0.717, 1.165) is 16.8 Å². The number of pyridine rings is 1. The summed E-state index contributed by atoms with van der Waals surface area (Å²) in [7, 11) is 0. The highest BCUT2D eigenvalue weighted by Gasteiger charge is 2.07. The summed E-state index contributed by atoms with van der Waals surface area (Å²) in [6, 6.07) is 12.4. The molecule has 88 valence electrons. The number of aromatic nitrogens is 3. The van der Waals surface area contributed by atoms with Gasteiger partial charge in [-0.15, -0.1) is 0 Å². The van der Waals surface area contributed by atoms with Crippen molar-refractivity contribution in [3.8, 4) is 22.5 Å². The highest BCUT2D eigenvalue weighted by molar-refractivity contribution is 5.69. The summed E-state index contributed by atoms with van der Waals surface area (Å²) >= 11 is 0. The van der Waals surface area contributed by atoms with Gasteiger partial charge in [0.2, 0.25) is 0 Å². The molecular formula is C14H10FN3. The SMILES string of the molecule is Fc1cccnc1-c1cccc(-c2ccn[nH]2)c1. The minimum absolute atomic E-state index is 0.320. The molecular weight excluding hydrogens is 229 g/mol. The Hall–Kier alpha value is -2.49. The minimum Gasteiger partial charge on any atom is -0.278 e. The molecule has 3 rings (SSSR count). The van der Waals surface area contributed by atoms with Crippen molar-refractivity contribution in [2.45, 2.75) is 0 Å². The molecule has 3 aromatic rings. The van der Waals surface area contributed by atoms with E-state index in [1.165, 1.54) is 6.07 Å². The molecule has 1 aromatic carbocycles. The Balaban J connectivity index is 2.10. The van der Waals surface area contributed by atoms with Crippen molar-refractivity contribution in [3.05, 3.63) is 60.7 Å². The van der Waals surface area contributed by atoms with Gasteiger partial charge >= 0.3 is 0 Å². The molecule has 0 aliphatic rings. The standard InChI is InChI=1S/C14H10FN3/c15-12-5-2-7-16-14(12)11-4-1-3-10(9-11)13-6-8-17-18-13/h1-9H,(H,17,18). The van der Waals surface area contributed by atoms with Gasteiger partial charge in [-0.25, -0.2) is 4.39 Å². The molecule has 4 heteroatoms. The Kier molecular flexibility index (Phi) is 2.61. The van der Waals surface area contributed by atoms with E-state index in [4.69, 9.17) is 0 Å². The molecule has 0 amide bonds. The third-order valence-corrected chi connectivity index (χ3v) is 2.71. The Bertz CT molecular complexity index is 662. The monoisotopic (exact) mass is 239 g/mol. The number of nitrogens with zero attached hydrogens (tertiary/aromatic N) is 2. The lowest BCUT2D eigenvalue weighted by molar-refractivity contribution is 0.626. The van der Waals surface area contributed by atoms with Gasteiger partial charge in [0.1, 0.15) is 11.5 Å². The van der Waals surface area contributed by atoms with Crippen LogP contribution in [0.5, 0.6) is 0 Å². The quantitative estimate of drug-likeness (QED) is 0.745. The molecule has 0 saturated carbocycles. The van der Waals surface area contributed by atoms with Gasteiger partial charge in [0.15, 0.2) is 0 Å². The zero-order valence-corrected chi connectivity index (χ0v) is 9.47. The summed E-state index contributed by atoms with van der Waals surface area (Å²) in [5.74, 6) is -0.320. The van der Waals surface area contributed by atoms with Crippen LogP contribution in [-0.4, -0.2) is 15.2 Å². The second-order valence-electron chi connectivity index (χ2n) is 3.88. The smallest absolute Gasteiger partial charge is 0.149 e. The maximum absolute atomic E-state index is 13.7. The lowest BCUT2D eigenvalue weighted by Crippen LogP contribution is -1.88. The van der Waals surface area contributed by atoms with Crippen LogP contribution in [0, 0.1) is 5.82 Å². The van der Waals surface area contributed by atoms with Crippen molar-refractivity contribution in [1.29, 1.82) is 0 Å². The van der Waals surface area contributed by atoms with Crippen molar-refractivity contribution in [2.24, 2.45) is 0 Å². The van der Waals surface area contributed by atoms with E-state index in [0.29, 0.717) is 5.69 Å². The third kappa shape index (κ3) is 1.88. The second-order valence-corrected chi connectivity index (χ2v) is 3.88. The van der Waals surface area contributed by atoms with Crippen LogP contribution in [0.2, 0.25) is 0 Å². The molecule has 0 spiro atoms. The van der Waals surface area contributed by atoms with E-state index in [1.807, 2.05) is 30.3 Å². The summed E-state index contributed by atoms with van der Waals surface area (Å²) < 4.78 is 13.7. The number of H-pyrrole nitrogens is 1. The largest absolute Gasteiger partial charge is 0.278 e. The summed E-state index contributed by atoms with van der Waals surface area (Å²) in [5.41, 5.74) is 2.96. The molecule has 0 saturated heterocycles. The number of hydrogen-bond acceptors (Lipinski definition) is 2. The highest BCUT2D eigenvalue weighted by atomic mass is 19.1. The van der Waals surface area contributed by atoms with Crippen LogP contribution in [0.1, 0.15) is 0 Å². The molecule has 1 N–H and O–H groups in total. The fourth-order valence-electron chi connectivity index (χ4n) is 1.85. The average molecular weight is 239 g/mol. The maximum atomic E-state index is 13.7. The Labute approximate surface area is 103 Å². The van der Waals surface area contributed by atoms with Gasteiger partial charge in [0.05, 0.1) is 5.69 Å². The molecule has 0 fully saturated rings. The second kappa shape index (κ2) is 4.41. The van der Waals surface area contributed by atoms with Crippen LogP contribution in [0.4, 0.5) is 4.39 Å². The number of rotatable bonds is 2. The van der Waals surface area contributed by atoms with Crippen LogP contribution < -0.4 is 0 Å². The van der Waals surface area contributed by atoms with E-state index < -0.39 is 0 Å². The van der Waals surface area contributed by atoms with Crippen molar-refractivity contribution >= 4 is 0 Å².